The molecule has 0 saturated carbocycles. The quantitative estimate of drug-likeness (QED) is 0.399. The van der Waals surface area contributed by atoms with Gasteiger partial charge < -0.3 is 14.8 Å². The zero-order chi connectivity index (χ0) is 24.9. The summed E-state index contributed by atoms with van der Waals surface area (Å²) in [7, 11) is 3.17. The summed E-state index contributed by atoms with van der Waals surface area (Å²) in [5.41, 5.74) is 2.54. The van der Waals surface area contributed by atoms with Crippen LogP contribution in [0.15, 0.2) is 59.5 Å². The average molecular weight is 476 g/mol. The van der Waals surface area contributed by atoms with E-state index in [0.717, 1.165) is 16.9 Å². The second kappa shape index (κ2) is 10.4. The summed E-state index contributed by atoms with van der Waals surface area (Å²) in [5, 5.41) is 12.5. The number of carbonyl (C=O) groups is 1. The van der Waals surface area contributed by atoms with E-state index in [1.165, 1.54) is 4.68 Å². The zero-order valence-electron chi connectivity index (χ0n) is 20.3. The average Bonchev–Trinajstić information content (AvgIpc) is 3.31. The molecular weight excluding hydrogens is 446 g/mol. The second-order valence-electron chi connectivity index (χ2n) is 8.45. The summed E-state index contributed by atoms with van der Waals surface area (Å²) >= 11 is 0. The van der Waals surface area contributed by atoms with Crippen molar-refractivity contribution in [3.63, 3.8) is 0 Å². The summed E-state index contributed by atoms with van der Waals surface area (Å²) in [6.07, 6.45) is 2.27. The maximum absolute atomic E-state index is 13.4. The molecule has 9 heteroatoms. The molecule has 0 atom stereocenters. The molecule has 182 valence electrons. The van der Waals surface area contributed by atoms with Gasteiger partial charge in [0, 0.05) is 11.9 Å². The minimum atomic E-state index is -0.360. The molecule has 35 heavy (non-hydrogen) atoms. The van der Waals surface area contributed by atoms with Crippen LogP contribution in [0.25, 0.3) is 16.6 Å². The van der Waals surface area contributed by atoms with Crippen LogP contribution in [0.5, 0.6) is 11.5 Å². The van der Waals surface area contributed by atoms with Gasteiger partial charge in [0.1, 0.15) is 12.1 Å². The Labute approximate surface area is 203 Å². The third kappa shape index (κ3) is 5.03. The smallest absolute Gasteiger partial charge is 0.293 e. The Bertz CT molecular complexity index is 1390. The monoisotopic (exact) mass is 475 g/mol. The van der Waals surface area contributed by atoms with Crippen molar-refractivity contribution in [3.8, 4) is 17.2 Å². The van der Waals surface area contributed by atoms with Crippen molar-refractivity contribution in [2.75, 3.05) is 20.8 Å². The van der Waals surface area contributed by atoms with Crippen molar-refractivity contribution >= 4 is 16.8 Å². The van der Waals surface area contributed by atoms with Gasteiger partial charge in [-0.25, -0.2) is 9.36 Å². The third-order valence-corrected chi connectivity index (χ3v) is 5.74. The maximum Gasteiger partial charge on any atom is 0.293 e. The number of benzene rings is 2. The highest BCUT2D eigenvalue weighted by molar-refractivity contribution is 5.82. The molecule has 4 rings (SSSR count). The summed E-state index contributed by atoms with van der Waals surface area (Å²) < 4.78 is 13.4. The Morgan fingerprint density at radius 1 is 1.06 bits per heavy atom. The third-order valence-electron chi connectivity index (χ3n) is 5.74. The van der Waals surface area contributed by atoms with E-state index >= 15 is 0 Å². The number of hydrogen-bond acceptors (Lipinski definition) is 6. The molecule has 9 nitrogen and oxygen atoms in total. The largest absolute Gasteiger partial charge is 0.493 e. The summed E-state index contributed by atoms with van der Waals surface area (Å²) in [4.78, 5) is 26.1. The van der Waals surface area contributed by atoms with Gasteiger partial charge >= 0.3 is 0 Å². The number of hydrogen-bond donors (Lipinski definition) is 1. The number of amides is 1. The van der Waals surface area contributed by atoms with Crippen molar-refractivity contribution < 1.29 is 14.3 Å². The van der Waals surface area contributed by atoms with E-state index in [4.69, 9.17) is 9.47 Å². The Morgan fingerprint density at radius 3 is 2.49 bits per heavy atom. The van der Waals surface area contributed by atoms with Gasteiger partial charge in [0.25, 0.3) is 5.56 Å². The highest BCUT2D eigenvalue weighted by atomic mass is 16.5. The number of methoxy groups -OCH3 is 2. The van der Waals surface area contributed by atoms with Crippen molar-refractivity contribution in [2.45, 2.75) is 32.7 Å². The van der Waals surface area contributed by atoms with Crippen LogP contribution >= 0.6 is 0 Å². The van der Waals surface area contributed by atoms with Crippen LogP contribution in [-0.4, -0.2) is 46.2 Å². The van der Waals surface area contributed by atoms with Crippen molar-refractivity contribution in [3.05, 3.63) is 76.3 Å². The summed E-state index contributed by atoms with van der Waals surface area (Å²) in [6.45, 7) is 4.23. The van der Waals surface area contributed by atoms with Gasteiger partial charge in [0.15, 0.2) is 11.5 Å². The predicted molar refractivity (Wildman–Crippen MR) is 133 cm³/mol. The first-order chi connectivity index (χ1) is 16.9. The molecule has 0 fully saturated rings. The van der Waals surface area contributed by atoms with Crippen molar-refractivity contribution in [1.29, 1.82) is 0 Å². The molecule has 0 bridgehead atoms. The van der Waals surface area contributed by atoms with Crippen molar-refractivity contribution in [1.82, 2.24) is 24.9 Å². The van der Waals surface area contributed by atoms with Gasteiger partial charge in [-0.05, 0) is 42.2 Å². The van der Waals surface area contributed by atoms with E-state index in [9.17, 15) is 9.59 Å². The molecule has 2 aromatic heterocycles. The van der Waals surface area contributed by atoms with E-state index in [2.05, 4.69) is 15.5 Å². The molecule has 0 saturated heterocycles. The Morgan fingerprint density at radius 2 is 1.80 bits per heavy atom. The first-order valence-electron chi connectivity index (χ1n) is 11.4. The van der Waals surface area contributed by atoms with E-state index in [1.54, 1.807) is 25.1 Å². The maximum atomic E-state index is 13.4. The lowest BCUT2D eigenvalue weighted by atomic mass is 10.1. The number of aromatic nitrogens is 4. The number of carbonyl (C=O) groups excluding carboxylic acids is 1. The van der Waals surface area contributed by atoms with Crippen LogP contribution in [0.4, 0.5) is 0 Å². The van der Waals surface area contributed by atoms with Crippen LogP contribution in [-0.2, 0) is 17.8 Å². The minimum absolute atomic E-state index is 0.0471. The molecule has 0 aliphatic heterocycles. The van der Waals surface area contributed by atoms with E-state index in [-0.39, 0.29) is 23.9 Å². The molecule has 1 N–H and O–H groups in total. The minimum Gasteiger partial charge on any atom is -0.493 e. The molecule has 0 unspecified atom stereocenters. The molecule has 0 aliphatic rings. The van der Waals surface area contributed by atoms with Crippen LogP contribution in [0.3, 0.4) is 0 Å². The van der Waals surface area contributed by atoms with Gasteiger partial charge in [-0.3, -0.25) is 9.59 Å². The van der Waals surface area contributed by atoms with Gasteiger partial charge in [0.2, 0.25) is 5.91 Å². The van der Waals surface area contributed by atoms with E-state index < -0.39 is 0 Å². The predicted octanol–water partition coefficient (Wildman–Crippen LogP) is 3.08. The molecular formula is C26H29N5O4. The molecule has 0 spiro atoms. The first kappa shape index (κ1) is 24.0. The fourth-order valence-corrected chi connectivity index (χ4v) is 3.97. The van der Waals surface area contributed by atoms with Crippen LogP contribution in [0.2, 0.25) is 0 Å². The number of fused-ring (bicyclic) bond motifs is 1. The number of para-hydroxylation sites is 1. The number of ether oxygens (including phenoxy) is 2. The van der Waals surface area contributed by atoms with E-state index in [0.29, 0.717) is 35.4 Å². The standard InChI is InChI=1S/C26H29N5O4/c1-17(2)24-20-15-28-31(19-8-6-5-7-9-19)25(20)26(33)30(29-24)16-23(32)27-13-12-18-10-11-21(34-3)22(14-18)35-4/h5-11,14-15,17H,12-13,16H2,1-4H3,(H,27,32). The number of nitrogens with one attached hydrogen (secondary N) is 1. The Hall–Kier alpha value is -4.14. The number of nitrogens with zero attached hydrogens (tertiary/aromatic N) is 4. The SMILES string of the molecule is COc1ccc(CCNC(=O)Cn2nc(C(C)C)c3cnn(-c4ccccc4)c3c2=O)cc1OC. The fraction of sp³-hybridized carbons (Fsp3) is 0.308. The lowest BCUT2D eigenvalue weighted by molar-refractivity contribution is -0.121. The van der Waals surface area contributed by atoms with Crippen LogP contribution < -0.4 is 20.3 Å². The van der Waals surface area contributed by atoms with Crippen LogP contribution in [0.1, 0.15) is 31.0 Å². The fourth-order valence-electron chi connectivity index (χ4n) is 3.97. The normalized spacial score (nSPS) is 11.1. The molecule has 1 amide bonds. The highest BCUT2D eigenvalue weighted by Crippen LogP contribution is 2.27. The molecule has 2 aromatic carbocycles. The second-order valence-corrected chi connectivity index (χ2v) is 8.45. The van der Waals surface area contributed by atoms with Gasteiger partial charge in [-0.2, -0.15) is 10.2 Å². The Kier molecular flexibility index (Phi) is 7.14. The summed E-state index contributed by atoms with van der Waals surface area (Å²) in [6, 6.07) is 15.1. The lowest BCUT2D eigenvalue weighted by Gasteiger charge is -2.13. The van der Waals surface area contributed by atoms with Crippen molar-refractivity contribution in [2.24, 2.45) is 0 Å². The molecule has 4 aromatic rings. The molecule has 2 heterocycles. The number of rotatable bonds is 9. The Balaban J connectivity index is 1.54. The molecule has 0 aliphatic carbocycles. The topological polar surface area (TPSA) is 100 Å². The lowest BCUT2D eigenvalue weighted by Crippen LogP contribution is -2.35. The van der Waals surface area contributed by atoms with Gasteiger partial charge in [-0.15, -0.1) is 0 Å². The van der Waals surface area contributed by atoms with Gasteiger partial charge in [-0.1, -0.05) is 38.1 Å². The van der Waals surface area contributed by atoms with E-state index in [1.807, 2.05) is 62.4 Å². The highest BCUT2D eigenvalue weighted by Gasteiger charge is 2.19. The zero-order valence-corrected chi connectivity index (χ0v) is 20.3. The van der Waals surface area contributed by atoms with Gasteiger partial charge in [0.05, 0.1) is 31.8 Å². The first-order valence-corrected chi connectivity index (χ1v) is 11.4. The summed E-state index contributed by atoms with van der Waals surface area (Å²) in [5.74, 6) is 1.04. The molecule has 0 radical (unpaired) electrons. The van der Waals surface area contributed by atoms with Crippen LogP contribution in [0, 0.1) is 0 Å².